The van der Waals surface area contributed by atoms with Crippen molar-refractivity contribution in [3.63, 3.8) is 0 Å². The smallest absolute Gasteiger partial charge is 0.335 e. The molecule has 0 saturated carbocycles. The van der Waals surface area contributed by atoms with Gasteiger partial charge in [-0.2, -0.15) is 0 Å². The van der Waals surface area contributed by atoms with Crippen molar-refractivity contribution in [1.29, 1.82) is 0 Å². The van der Waals surface area contributed by atoms with Gasteiger partial charge in [-0.25, -0.2) is 9.78 Å². The van der Waals surface area contributed by atoms with Gasteiger partial charge in [0.2, 0.25) is 0 Å². The maximum atomic E-state index is 12.1. The molecule has 20 heavy (non-hydrogen) atoms. The van der Waals surface area contributed by atoms with E-state index in [1.165, 1.54) is 23.5 Å². The number of aromatic nitrogens is 1. The van der Waals surface area contributed by atoms with Crippen LogP contribution < -0.4 is 0 Å². The number of hydrogen-bond donors (Lipinski definition) is 1. The summed E-state index contributed by atoms with van der Waals surface area (Å²) in [6, 6.07) is 6.50. The minimum absolute atomic E-state index is 0.0853. The van der Waals surface area contributed by atoms with Gasteiger partial charge in [0.1, 0.15) is 4.88 Å². The van der Waals surface area contributed by atoms with E-state index in [9.17, 15) is 9.59 Å². The summed E-state index contributed by atoms with van der Waals surface area (Å²) in [5.74, 6) is -1.04. The van der Waals surface area contributed by atoms with Gasteiger partial charge in [0.05, 0.1) is 16.8 Å². The summed E-state index contributed by atoms with van der Waals surface area (Å²) >= 11 is 1.36. The maximum Gasteiger partial charge on any atom is 0.335 e. The van der Waals surface area contributed by atoms with Crippen LogP contribution >= 0.6 is 11.3 Å². The SMILES string of the molecule is Cc1ncc(C(=O)N(C)Cc2ccc(C(=O)O)cc2)s1. The Balaban J connectivity index is 2.05. The average Bonchev–Trinajstić information content (AvgIpc) is 2.85. The van der Waals surface area contributed by atoms with Crippen LogP contribution in [0.5, 0.6) is 0 Å². The Morgan fingerprint density at radius 2 is 1.95 bits per heavy atom. The number of hydrogen-bond acceptors (Lipinski definition) is 4. The fraction of sp³-hybridized carbons (Fsp3) is 0.214. The van der Waals surface area contributed by atoms with E-state index in [-0.39, 0.29) is 11.5 Å². The molecule has 1 amide bonds. The van der Waals surface area contributed by atoms with Crippen LogP contribution in [0.2, 0.25) is 0 Å². The number of carboxylic acids is 1. The molecule has 5 nitrogen and oxygen atoms in total. The molecule has 104 valence electrons. The molecule has 6 heteroatoms. The van der Waals surface area contributed by atoms with Crippen molar-refractivity contribution in [3.8, 4) is 0 Å². The van der Waals surface area contributed by atoms with E-state index in [1.54, 1.807) is 30.3 Å². The van der Waals surface area contributed by atoms with Crippen molar-refractivity contribution in [1.82, 2.24) is 9.88 Å². The predicted octanol–water partition coefficient (Wildman–Crippen LogP) is 2.42. The van der Waals surface area contributed by atoms with Gasteiger partial charge in [-0.15, -0.1) is 11.3 Å². The number of carbonyl (C=O) groups is 2. The van der Waals surface area contributed by atoms with Crippen molar-refractivity contribution in [2.45, 2.75) is 13.5 Å². The summed E-state index contributed by atoms with van der Waals surface area (Å²) in [5.41, 5.74) is 1.12. The molecular weight excluding hydrogens is 276 g/mol. The fourth-order valence-electron chi connectivity index (χ4n) is 1.75. The van der Waals surface area contributed by atoms with Crippen molar-refractivity contribution in [3.05, 3.63) is 51.5 Å². The highest BCUT2D eigenvalue weighted by Crippen LogP contribution is 2.15. The van der Waals surface area contributed by atoms with E-state index in [0.717, 1.165) is 10.6 Å². The Morgan fingerprint density at radius 1 is 1.30 bits per heavy atom. The molecule has 0 spiro atoms. The molecular formula is C14H14N2O3S. The van der Waals surface area contributed by atoms with E-state index in [0.29, 0.717) is 11.4 Å². The largest absolute Gasteiger partial charge is 0.478 e. The lowest BCUT2D eigenvalue weighted by Crippen LogP contribution is -2.25. The first-order valence-corrected chi connectivity index (χ1v) is 6.79. The highest BCUT2D eigenvalue weighted by atomic mass is 32.1. The summed E-state index contributed by atoms with van der Waals surface area (Å²) in [5, 5.41) is 9.68. The molecule has 0 unspecified atom stereocenters. The molecule has 0 aliphatic rings. The molecule has 0 aliphatic heterocycles. The third-order valence-electron chi connectivity index (χ3n) is 2.80. The lowest BCUT2D eigenvalue weighted by atomic mass is 10.1. The van der Waals surface area contributed by atoms with Gasteiger partial charge in [0.25, 0.3) is 5.91 Å². The standard InChI is InChI=1S/C14H14N2O3S/c1-9-15-7-12(20-9)13(17)16(2)8-10-3-5-11(6-4-10)14(18)19/h3-7H,8H2,1-2H3,(H,18,19). The maximum absolute atomic E-state index is 12.1. The number of aryl methyl sites for hydroxylation is 1. The summed E-state index contributed by atoms with van der Waals surface area (Å²) in [4.78, 5) is 29.2. The summed E-state index contributed by atoms with van der Waals surface area (Å²) in [6.07, 6.45) is 1.58. The van der Waals surface area contributed by atoms with E-state index in [2.05, 4.69) is 4.98 Å². The molecule has 0 bridgehead atoms. The van der Waals surface area contributed by atoms with Gasteiger partial charge in [-0.1, -0.05) is 12.1 Å². The van der Waals surface area contributed by atoms with Crippen molar-refractivity contribution < 1.29 is 14.7 Å². The van der Waals surface area contributed by atoms with Crippen molar-refractivity contribution in [2.75, 3.05) is 7.05 Å². The van der Waals surface area contributed by atoms with Crippen LogP contribution in [-0.2, 0) is 6.54 Å². The van der Waals surface area contributed by atoms with E-state index in [4.69, 9.17) is 5.11 Å². The zero-order chi connectivity index (χ0) is 14.7. The summed E-state index contributed by atoms with van der Waals surface area (Å²) in [7, 11) is 1.71. The molecule has 2 rings (SSSR count). The van der Waals surface area contributed by atoms with Gasteiger partial charge >= 0.3 is 5.97 Å². The van der Waals surface area contributed by atoms with Crippen LogP contribution in [-0.4, -0.2) is 33.9 Å². The quantitative estimate of drug-likeness (QED) is 0.938. The summed E-state index contributed by atoms with van der Waals surface area (Å²) in [6.45, 7) is 2.28. The molecule has 1 heterocycles. The van der Waals surface area contributed by atoms with Crippen LogP contribution in [0.1, 0.15) is 30.6 Å². The molecule has 1 N–H and O–H groups in total. The first kappa shape index (κ1) is 14.2. The average molecular weight is 290 g/mol. The number of carbonyl (C=O) groups excluding carboxylic acids is 1. The predicted molar refractivity (Wildman–Crippen MR) is 76.0 cm³/mol. The first-order chi connectivity index (χ1) is 9.47. The Kier molecular flexibility index (Phi) is 4.14. The molecule has 1 aromatic heterocycles. The number of amides is 1. The van der Waals surface area contributed by atoms with Crippen LogP contribution in [0.3, 0.4) is 0 Å². The Hall–Kier alpha value is -2.21. The molecule has 2 aromatic rings. The number of benzene rings is 1. The van der Waals surface area contributed by atoms with Gasteiger partial charge in [-0.3, -0.25) is 4.79 Å². The van der Waals surface area contributed by atoms with Gasteiger partial charge in [0, 0.05) is 13.6 Å². The van der Waals surface area contributed by atoms with Gasteiger partial charge < -0.3 is 10.0 Å². The third-order valence-corrected chi connectivity index (χ3v) is 3.70. The van der Waals surface area contributed by atoms with Crippen LogP contribution in [0.25, 0.3) is 0 Å². The highest BCUT2D eigenvalue weighted by Gasteiger charge is 2.14. The van der Waals surface area contributed by atoms with E-state index < -0.39 is 5.97 Å². The molecule has 1 aromatic carbocycles. The second kappa shape index (κ2) is 5.83. The fourth-order valence-corrected chi connectivity index (χ4v) is 2.52. The van der Waals surface area contributed by atoms with Gasteiger partial charge in [-0.05, 0) is 24.6 Å². The second-order valence-electron chi connectivity index (χ2n) is 4.41. The van der Waals surface area contributed by atoms with Crippen molar-refractivity contribution in [2.24, 2.45) is 0 Å². The normalized spacial score (nSPS) is 10.3. The first-order valence-electron chi connectivity index (χ1n) is 5.97. The van der Waals surface area contributed by atoms with E-state index in [1.807, 2.05) is 6.92 Å². The topological polar surface area (TPSA) is 70.5 Å². The molecule has 0 aliphatic carbocycles. The van der Waals surface area contributed by atoms with E-state index >= 15 is 0 Å². The zero-order valence-corrected chi connectivity index (χ0v) is 12.0. The zero-order valence-electron chi connectivity index (χ0n) is 11.2. The lowest BCUT2D eigenvalue weighted by Gasteiger charge is -2.16. The Morgan fingerprint density at radius 3 is 2.45 bits per heavy atom. The monoisotopic (exact) mass is 290 g/mol. The lowest BCUT2D eigenvalue weighted by molar-refractivity contribution is 0.0695. The molecule has 0 atom stereocenters. The number of aromatic carboxylic acids is 1. The van der Waals surface area contributed by atoms with Crippen LogP contribution in [0, 0.1) is 6.92 Å². The minimum Gasteiger partial charge on any atom is -0.478 e. The number of rotatable bonds is 4. The number of nitrogens with zero attached hydrogens (tertiary/aromatic N) is 2. The highest BCUT2D eigenvalue weighted by molar-refractivity contribution is 7.13. The summed E-state index contributed by atoms with van der Waals surface area (Å²) < 4.78 is 0. The number of thiazole rings is 1. The minimum atomic E-state index is -0.957. The second-order valence-corrected chi connectivity index (χ2v) is 5.64. The van der Waals surface area contributed by atoms with Crippen molar-refractivity contribution >= 4 is 23.2 Å². The van der Waals surface area contributed by atoms with Crippen LogP contribution in [0.15, 0.2) is 30.5 Å². The molecule has 0 saturated heterocycles. The Labute approximate surface area is 120 Å². The number of carboxylic acid groups (broad SMARTS) is 1. The van der Waals surface area contributed by atoms with Gasteiger partial charge in [0.15, 0.2) is 0 Å². The van der Waals surface area contributed by atoms with Crippen LogP contribution in [0.4, 0.5) is 0 Å². The third kappa shape index (κ3) is 3.21. The molecule has 0 radical (unpaired) electrons. The Bertz CT molecular complexity index is 634. The molecule has 0 fully saturated rings.